The molecule has 2 rings (SSSR count). The Kier molecular flexibility index (Phi) is 8.12. The van der Waals surface area contributed by atoms with Gasteiger partial charge in [0, 0.05) is 17.4 Å². The highest BCUT2D eigenvalue weighted by molar-refractivity contribution is 9.10. The van der Waals surface area contributed by atoms with E-state index in [1.165, 1.54) is 4.31 Å². The van der Waals surface area contributed by atoms with E-state index in [1.807, 2.05) is 30.3 Å². The number of nitrogens with zero attached hydrogens (tertiary/aromatic N) is 1. The van der Waals surface area contributed by atoms with Crippen molar-refractivity contribution in [1.29, 1.82) is 0 Å². The summed E-state index contributed by atoms with van der Waals surface area (Å²) in [5, 5.41) is 2.77. The third-order valence-corrected chi connectivity index (χ3v) is 5.44. The Morgan fingerprint density at radius 2 is 1.78 bits per heavy atom. The first-order valence-electron chi connectivity index (χ1n) is 8.54. The third-order valence-electron chi connectivity index (χ3n) is 3.72. The summed E-state index contributed by atoms with van der Waals surface area (Å²) >= 11 is 3.33. The van der Waals surface area contributed by atoms with Crippen molar-refractivity contribution in [3.8, 4) is 5.75 Å². The highest BCUT2D eigenvalue weighted by Gasteiger charge is 2.17. The number of hydrogen-bond acceptors (Lipinski definition) is 4. The summed E-state index contributed by atoms with van der Waals surface area (Å²) in [6, 6.07) is 16.4. The van der Waals surface area contributed by atoms with Crippen LogP contribution in [0, 0.1) is 0 Å². The first-order chi connectivity index (χ1) is 12.9. The SMILES string of the molecule is CS(=O)(=O)N(CCCC(=O)NCCOc1ccccc1)c1ccc(Br)cc1. The predicted octanol–water partition coefficient (Wildman–Crippen LogP) is 3.19. The molecule has 2 aromatic carbocycles. The molecule has 0 aliphatic carbocycles. The number of carbonyl (C=O) groups is 1. The molecule has 0 saturated carbocycles. The van der Waals surface area contributed by atoms with Crippen LogP contribution in [-0.2, 0) is 14.8 Å². The van der Waals surface area contributed by atoms with Gasteiger partial charge in [0.25, 0.3) is 0 Å². The third kappa shape index (κ3) is 7.60. The molecular weight excluding hydrogens is 432 g/mol. The van der Waals surface area contributed by atoms with Crippen LogP contribution in [0.1, 0.15) is 12.8 Å². The summed E-state index contributed by atoms with van der Waals surface area (Å²) in [5.41, 5.74) is 0.581. The number of carbonyl (C=O) groups excluding carboxylic acids is 1. The summed E-state index contributed by atoms with van der Waals surface area (Å²) in [4.78, 5) is 11.9. The lowest BCUT2D eigenvalue weighted by molar-refractivity contribution is -0.121. The Morgan fingerprint density at radius 3 is 2.41 bits per heavy atom. The van der Waals surface area contributed by atoms with E-state index in [0.29, 0.717) is 25.3 Å². The molecular formula is C19H23BrN2O4S. The van der Waals surface area contributed by atoms with Gasteiger partial charge in [0.05, 0.1) is 18.5 Å². The van der Waals surface area contributed by atoms with Crippen LogP contribution >= 0.6 is 15.9 Å². The van der Waals surface area contributed by atoms with E-state index >= 15 is 0 Å². The number of sulfonamides is 1. The number of para-hydroxylation sites is 1. The molecule has 0 saturated heterocycles. The molecule has 0 radical (unpaired) electrons. The van der Waals surface area contributed by atoms with Crippen LogP contribution in [0.5, 0.6) is 5.75 Å². The molecule has 0 heterocycles. The van der Waals surface area contributed by atoms with Gasteiger partial charge in [-0.2, -0.15) is 0 Å². The molecule has 0 unspecified atom stereocenters. The fraction of sp³-hybridized carbons (Fsp3) is 0.316. The quantitative estimate of drug-likeness (QED) is 0.559. The van der Waals surface area contributed by atoms with Crippen molar-refractivity contribution in [1.82, 2.24) is 5.32 Å². The second kappa shape index (κ2) is 10.3. The molecule has 0 fully saturated rings. The van der Waals surface area contributed by atoms with E-state index in [1.54, 1.807) is 24.3 Å². The van der Waals surface area contributed by atoms with Crippen molar-refractivity contribution in [3.05, 3.63) is 59.1 Å². The molecule has 1 amide bonds. The van der Waals surface area contributed by atoms with Gasteiger partial charge < -0.3 is 10.1 Å². The first kappa shape index (κ1) is 21.2. The van der Waals surface area contributed by atoms with Crippen molar-refractivity contribution < 1.29 is 17.9 Å². The first-order valence-corrected chi connectivity index (χ1v) is 11.2. The van der Waals surface area contributed by atoms with Crippen molar-refractivity contribution in [2.75, 3.05) is 30.3 Å². The van der Waals surface area contributed by atoms with Crippen LogP contribution in [0.3, 0.4) is 0 Å². The van der Waals surface area contributed by atoms with Gasteiger partial charge in [-0.05, 0) is 42.8 Å². The van der Waals surface area contributed by atoms with Gasteiger partial charge in [-0.3, -0.25) is 9.10 Å². The Hall–Kier alpha value is -2.06. The van der Waals surface area contributed by atoms with Gasteiger partial charge in [0.1, 0.15) is 12.4 Å². The van der Waals surface area contributed by atoms with Gasteiger partial charge in [-0.15, -0.1) is 0 Å². The standard InChI is InChI=1S/C19H23BrN2O4S/c1-27(24,25)22(17-11-9-16(20)10-12-17)14-5-8-19(23)21-13-15-26-18-6-3-2-4-7-18/h2-4,6-7,9-12H,5,8,13-15H2,1H3,(H,21,23). The second-order valence-corrected chi connectivity index (χ2v) is 8.75. The summed E-state index contributed by atoms with van der Waals surface area (Å²) < 4.78 is 31.8. The number of benzene rings is 2. The Bertz CT molecular complexity index is 827. The van der Waals surface area contributed by atoms with Crippen LogP contribution in [0.25, 0.3) is 0 Å². The average molecular weight is 455 g/mol. The summed E-state index contributed by atoms with van der Waals surface area (Å²) in [5.74, 6) is 0.626. The molecule has 146 valence electrons. The fourth-order valence-electron chi connectivity index (χ4n) is 2.44. The van der Waals surface area contributed by atoms with Crippen LogP contribution < -0.4 is 14.4 Å². The molecule has 0 atom stereocenters. The normalized spacial score (nSPS) is 11.0. The summed E-state index contributed by atoms with van der Waals surface area (Å²) in [7, 11) is -3.41. The highest BCUT2D eigenvalue weighted by Crippen LogP contribution is 2.21. The molecule has 1 N–H and O–H groups in total. The van der Waals surface area contributed by atoms with Crippen molar-refractivity contribution >= 4 is 37.5 Å². The minimum absolute atomic E-state index is 0.129. The lowest BCUT2D eigenvalue weighted by Gasteiger charge is -2.22. The van der Waals surface area contributed by atoms with E-state index in [2.05, 4.69) is 21.2 Å². The zero-order chi connectivity index (χ0) is 19.7. The second-order valence-electron chi connectivity index (χ2n) is 5.93. The largest absolute Gasteiger partial charge is 0.492 e. The Labute approximate surface area is 168 Å². The van der Waals surface area contributed by atoms with Crippen LogP contribution in [-0.4, -0.2) is 40.3 Å². The molecule has 0 aliphatic rings. The fourth-order valence-corrected chi connectivity index (χ4v) is 3.67. The van der Waals surface area contributed by atoms with Gasteiger partial charge >= 0.3 is 0 Å². The van der Waals surface area contributed by atoms with E-state index in [0.717, 1.165) is 16.5 Å². The highest BCUT2D eigenvalue weighted by atomic mass is 79.9. The molecule has 8 heteroatoms. The molecule has 27 heavy (non-hydrogen) atoms. The zero-order valence-corrected chi connectivity index (χ0v) is 17.5. The van der Waals surface area contributed by atoms with E-state index < -0.39 is 10.0 Å². The van der Waals surface area contributed by atoms with E-state index in [9.17, 15) is 13.2 Å². The maximum atomic E-state index is 12.0. The van der Waals surface area contributed by atoms with Crippen molar-refractivity contribution in [3.63, 3.8) is 0 Å². The molecule has 0 aromatic heterocycles. The molecule has 0 aliphatic heterocycles. The lowest BCUT2D eigenvalue weighted by Crippen LogP contribution is -2.32. The van der Waals surface area contributed by atoms with Gasteiger partial charge in [-0.25, -0.2) is 8.42 Å². The van der Waals surface area contributed by atoms with E-state index in [-0.39, 0.29) is 18.9 Å². The average Bonchev–Trinajstić information content (AvgIpc) is 2.63. The summed E-state index contributed by atoms with van der Waals surface area (Å²) in [6.07, 6.45) is 1.83. The van der Waals surface area contributed by atoms with E-state index in [4.69, 9.17) is 4.74 Å². The Balaban J connectivity index is 1.74. The topological polar surface area (TPSA) is 75.7 Å². The number of amides is 1. The molecule has 0 bridgehead atoms. The minimum atomic E-state index is -3.41. The molecule has 6 nitrogen and oxygen atoms in total. The zero-order valence-electron chi connectivity index (χ0n) is 15.1. The lowest BCUT2D eigenvalue weighted by atomic mass is 10.2. The molecule has 2 aromatic rings. The van der Waals surface area contributed by atoms with Crippen LogP contribution in [0.2, 0.25) is 0 Å². The maximum Gasteiger partial charge on any atom is 0.232 e. The van der Waals surface area contributed by atoms with Gasteiger partial charge in [0.15, 0.2) is 0 Å². The minimum Gasteiger partial charge on any atom is -0.492 e. The Morgan fingerprint density at radius 1 is 1.11 bits per heavy atom. The number of halogens is 1. The number of anilines is 1. The smallest absolute Gasteiger partial charge is 0.232 e. The summed E-state index contributed by atoms with van der Waals surface area (Å²) in [6.45, 7) is 1.02. The van der Waals surface area contributed by atoms with Gasteiger partial charge in [-0.1, -0.05) is 34.1 Å². The number of nitrogens with one attached hydrogen (secondary N) is 1. The number of rotatable bonds is 10. The van der Waals surface area contributed by atoms with Crippen LogP contribution in [0.15, 0.2) is 59.1 Å². The monoisotopic (exact) mass is 454 g/mol. The predicted molar refractivity (Wildman–Crippen MR) is 111 cm³/mol. The molecule has 0 spiro atoms. The maximum absolute atomic E-state index is 12.0. The van der Waals surface area contributed by atoms with Gasteiger partial charge in [0.2, 0.25) is 15.9 Å². The van der Waals surface area contributed by atoms with Crippen molar-refractivity contribution in [2.24, 2.45) is 0 Å². The number of hydrogen-bond donors (Lipinski definition) is 1. The van der Waals surface area contributed by atoms with Crippen molar-refractivity contribution in [2.45, 2.75) is 12.8 Å². The van der Waals surface area contributed by atoms with Crippen LogP contribution in [0.4, 0.5) is 5.69 Å². The number of ether oxygens (including phenoxy) is 1.